The summed E-state index contributed by atoms with van der Waals surface area (Å²) in [7, 11) is 0. The number of aromatic nitrogens is 2. The van der Waals surface area contributed by atoms with Gasteiger partial charge in [-0.1, -0.05) is 11.6 Å². The fourth-order valence-corrected chi connectivity index (χ4v) is 2.31. The van der Waals surface area contributed by atoms with Crippen molar-refractivity contribution >= 4 is 34.2 Å². The highest BCUT2D eigenvalue weighted by molar-refractivity contribution is 6.31. The summed E-state index contributed by atoms with van der Waals surface area (Å²) >= 11 is 5.89. The molecule has 0 saturated heterocycles. The van der Waals surface area contributed by atoms with E-state index in [0.717, 1.165) is 5.56 Å². The van der Waals surface area contributed by atoms with E-state index in [1.165, 1.54) is 6.20 Å². The lowest BCUT2D eigenvalue weighted by Crippen LogP contribution is -2.30. The van der Waals surface area contributed by atoms with E-state index in [9.17, 15) is 9.59 Å². The Hall–Kier alpha value is -2.86. The van der Waals surface area contributed by atoms with E-state index in [4.69, 9.17) is 11.6 Å². The van der Waals surface area contributed by atoms with Crippen molar-refractivity contribution < 1.29 is 4.79 Å². The Labute approximate surface area is 136 Å². The predicted molar refractivity (Wildman–Crippen MR) is 89.7 cm³/mol. The van der Waals surface area contributed by atoms with Crippen molar-refractivity contribution in [3.05, 3.63) is 69.7 Å². The second-order valence-electron chi connectivity index (χ2n) is 4.88. The summed E-state index contributed by atoms with van der Waals surface area (Å²) in [6.07, 6.45) is 4.75. The largest absolute Gasteiger partial charge is 0.359 e. The van der Waals surface area contributed by atoms with Crippen molar-refractivity contribution in [1.29, 1.82) is 0 Å². The second-order valence-corrected chi connectivity index (χ2v) is 5.32. The molecule has 0 aliphatic carbocycles. The minimum atomic E-state index is -0.458. The minimum Gasteiger partial charge on any atom is -0.359 e. The van der Waals surface area contributed by atoms with Crippen LogP contribution in [0.25, 0.3) is 10.9 Å². The molecular formula is C16H13ClN4O2. The molecule has 3 N–H and O–H groups in total. The fraction of sp³-hybridized carbons (Fsp3) is 0.0625. The van der Waals surface area contributed by atoms with Crippen molar-refractivity contribution in [2.45, 2.75) is 6.54 Å². The summed E-state index contributed by atoms with van der Waals surface area (Å²) in [6, 6.07) is 8.05. The number of aromatic amines is 1. The lowest BCUT2D eigenvalue weighted by molar-refractivity contribution is 0.251. The zero-order chi connectivity index (χ0) is 16.2. The van der Waals surface area contributed by atoms with Crippen molar-refractivity contribution in [3.63, 3.8) is 0 Å². The SMILES string of the molecule is O=C(NCc1ccncc1)Nc1c[nH]c2cc(Cl)ccc2c1=O. The summed E-state index contributed by atoms with van der Waals surface area (Å²) in [5.41, 5.74) is 1.43. The van der Waals surface area contributed by atoms with Crippen molar-refractivity contribution in [2.24, 2.45) is 0 Å². The number of carbonyl (C=O) groups is 1. The highest BCUT2D eigenvalue weighted by Gasteiger charge is 2.08. The molecule has 0 radical (unpaired) electrons. The Bertz CT molecular complexity index is 909. The number of fused-ring (bicyclic) bond motifs is 1. The van der Waals surface area contributed by atoms with Crippen molar-refractivity contribution in [1.82, 2.24) is 15.3 Å². The second kappa shape index (κ2) is 6.50. The van der Waals surface area contributed by atoms with Crippen LogP contribution in [0, 0.1) is 0 Å². The normalized spacial score (nSPS) is 10.5. The standard InChI is InChI=1S/C16H13ClN4O2/c17-11-1-2-12-13(7-11)19-9-14(15(12)22)21-16(23)20-8-10-3-5-18-6-4-10/h1-7,9H,8H2,(H,19,22)(H2,20,21,23). The van der Waals surface area contributed by atoms with Gasteiger partial charge in [0.25, 0.3) is 0 Å². The molecule has 7 heteroatoms. The van der Waals surface area contributed by atoms with Crippen molar-refractivity contribution in [2.75, 3.05) is 5.32 Å². The number of hydrogen-bond acceptors (Lipinski definition) is 3. The van der Waals surface area contributed by atoms with E-state index < -0.39 is 6.03 Å². The van der Waals surface area contributed by atoms with Gasteiger partial charge < -0.3 is 15.6 Å². The minimum absolute atomic E-state index is 0.173. The number of pyridine rings is 2. The number of halogens is 1. The smallest absolute Gasteiger partial charge is 0.319 e. The maximum atomic E-state index is 12.3. The first-order valence-electron chi connectivity index (χ1n) is 6.88. The molecule has 0 aliphatic rings. The third-order valence-electron chi connectivity index (χ3n) is 3.29. The molecule has 2 aromatic heterocycles. The fourth-order valence-electron chi connectivity index (χ4n) is 2.14. The molecule has 0 atom stereocenters. The summed E-state index contributed by atoms with van der Waals surface area (Å²) in [5, 5.41) is 6.22. The number of urea groups is 1. The molecular weight excluding hydrogens is 316 g/mol. The number of carbonyl (C=O) groups excluding carboxylic acids is 1. The van der Waals surface area contributed by atoms with Crippen LogP contribution in [-0.2, 0) is 6.54 Å². The first-order valence-corrected chi connectivity index (χ1v) is 7.26. The summed E-state index contributed by atoms with van der Waals surface area (Å²) in [4.78, 5) is 31.1. The van der Waals surface area contributed by atoms with Gasteiger partial charge in [0.05, 0.1) is 5.52 Å². The number of nitrogens with zero attached hydrogens (tertiary/aromatic N) is 1. The summed E-state index contributed by atoms with van der Waals surface area (Å²) in [5.74, 6) is 0. The van der Waals surface area contributed by atoms with Crippen LogP contribution in [0.15, 0.2) is 53.7 Å². The van der Waals surface area contributed by atoms with E-state index in [1.54, 1.807) is 42.7 Å². The predicted octanol–water partition coefficient (Wildman–Crippen LogP) is 2.90. The molecule has 2 heterocycles. The molecule has 0 spiro atoms. The molecule has 0 unspecified atom stereocenters. The topological polar surface area (TPSA) is 86.9 Å². The molecule has 6 nitrogen and oxygen atoms in total. The average molecular weight is 329 g/mol. The first kappa shape index (κ1) is 15.1. The van der Waals surface area contributed by atoms with Crippen LogP contribution in [0.2, 0.25) is 5.02 Å². The van der Waals surface area contributed by atoms with E-state index in [1.807, 2.05) is 0 Å². The third-order valence-corrected chi connectivity index (χ3v) is 3.53. The highest BCUT2D eigenvalue weighted by Crippen LogP contribution is 2.16. The first-order chi connectivity index (χ1) is 11.1. The van der Waals surface area contributed by atoms with Gasteiger partial charge in [-0.25, -0.2) is 4.79 Å². The number of hydrogen-bond donors (Lipinski definition) is 3. The highest BCUT2D eigenvalue weighted by atomic mass is 35.5. The maximum absolute atomic E-state index is 12.3. The number of anilines is 1. The lowest BCUT2D eigenvalue weighted by atomic mass is 10.2. The van der Waals surface area contributed by atoms with Crippen LogP contribution >= 0.6 is 11.6 Å². The van der Waals surface area contributed by atoms with Gasteiger partial charge in [-0.15, -0.1) is 0 Å². The number of H-pyrrole nitrogens is 1. The third kappa shape index (κ3) is 3.49. The Morgan fingerprint density at radius 3 is 2.78 bits per heavy atom. The van der Waals surface area contributed by atoms with Gasteiger partial charge in [-0.05, 0) is 35.9 Å². The number of amides is 2. The van der Waals surface area contributed by atoms with E-state index in [-0.39, 0.29) is 11.1 Å². The van der Waals surface area contributed by atoms with Crippen LogP contribution < -0.4 is 16.1 Å². The van der Waals surface area contributed by atoms with E-state index in [2.05, 4.69) is 20.6 Å². The molecule has 1 aromatic carbocycles. The zero-order valence-electron chi connectivity index (χ0n) is 12.0. The number of rotatable bonds is 3. The van der Waals surface area contributed by atoms with Crippen LogP contribution in [0.3, 0.4) is 0 Å². The number of nitrogens with one attached hydrogen (secondary N) is 3. The molecule has 0 saturated carbocycles. The van der Waals surface area contributed by atoms with Gasteiger partial charge in [-0.3, -0.25) is 9.78 Å². The van der Waals surface area contributed by atoms with E-state index in [0.29, 0.717) is 22.5 Å². The lowest BCUT2D eigenvalue weighted by Gasteiger charge is -2.08. The van der Waals surface area contributed by atoms with Gasteiger partial charge in [0.1, 0.15) is 5.69 Å². The number of benzene rings is 1. The monoisotopic (exact) mass is 328 g/mol. The quantitative estimate of drug-likeness (QED) is 0.691. The Kier molecular flexibility index (Phi) is 4.25. The van der Waals surface area contributed by atoms with Crippen molar-refractivity contribution in [3.8, 4) is 0 Å². The molecule has 0 aliphatic heterocycles. The molecule has 0 fully saturated rings. The average Bonchev–Trinajstić information content (AvgIpc) is 2.56. The van der Waals surface area contributed by atoms with E-state index >= 15 is 0 Å². The Morgan fingerprint density at radius 1 is 1.22 bits per heavy atom. The molecule has 3 rings (SSSR count). The van der Waals surface area contributed by atoms with Gasteiger partial charge in [0, 0.05) is 35.5 Å². The summed E-state index contributed by atoms with van der Waals surface area (Å²) < 4.78 is 0. The molecule has 23 heavy (non-hydrogen) atoms. The Balaban J connectivity index is 1.73. The molecule has 3 aromatic rings. The van der Waals surface area contributed by atoms with Gasteiger partial charge in [0.2, 0.25) is 5.43 Å². The van der Waals surface area contributed by atoms with Crippen LogP contribution in [0.4, 0.5) is 10.5 Å². The van der Waals surface area contributed by atoms with Gasteiger partial charge >= 0.3 is 6.03 Å². The molecule has 0 bridgehead atoms. The zero-order valence-corrected chi connectivity index (χ0v) is 12.7. The van der Waals surface area contributed by atoms with Crippen LogP contribution in [-0.4, -0.2) is 16.0 Å². The molecule has 2 amide bonds. The van der Waals surface area contributed by atoms with Crippen LogP contribution in [0.1, 0.15) is 5.56 Å². The maximum Gasteiger partial charge on any atom is 0.319 e. The van der Waals surface area contributed by atoms with Gasteiger partial charge in [-0.2, -0.15) is 0 Å². The van der Waals surface area contributed by atoms with Crippen LogP contribution in [0.5, 0.6) is 0 Å². The summed E-state index contributed by atoms with van der Waals surface area (Å²) in [6.45, 7) is 0.343. The van der Waals surface area contributed by atoms with Gasteiger partial charge in [0.15, 0.2) is 0 Å². The Morgan fingerprint density at radius 2 is 2.00 bits per heavy atom. The molecule has 116 valence electrons.